The van der Waals surface area contributed by atoms with Gasteiger partial charge in [-0.25, -0.2) is 13.1 Å². The van der Waals surface area contributed by atoms with Gasteiger partial charge in [-0.3, -0.25) is 4.90 Å². The van der Waals surface area contributed by atoms with E-state index in [1.165, 1.54) is 6.26 Å². The van der Waals surface area contributed by atoms with Gasteiger partial charge < -0.3 is 9.47 Å². The summed E-state index contributed by atoms with van der Waals surface area (Å²) in [4.78, 5) is 2.23. The number of hydrogen-bond donors (Lipinski definition) is 1. The maximum absolute atomic E-state index is 11.6. The van der Waals surface area contributed by atoms with E-state index in [1.807, 2.05) is 6.07 Å². The van der Waals surface area contributed by atoms with Crippen LogP contribution in [0.2, 0.25) is 5.02 Å². The van der Waals surface area contributed by atoms with Crippen LogP contribution in [-0.2, 0) is 16.6 Å². The topological polar surface area (TPSA) is 67.9 Å². The van der Waals surface area contributed by atoms with Gasteiger partial charge in [0, 0.05) is 36.8 Å². The molecule has 1 saturated heterocycles. The van der Waals surface area contributed by atoms with Crippen LogP contribution in [0.5, 0.6) is 11.5 Å². The van der Waals surface area contributed by atoms with Crippen molar-refractivity contribution in [3.8, 4) is 11.5 Å². The van der Waals surface area contributed by atoms with E-state index in [2.05, 4.69) is 23.5 Å². The Morgan fingerprint density at radius 2 is 1.96 bits per heavy atom. The van der Waals surface area contributed by atoms with Gasteiger partial charge in [0.05, 0.1) is 6.26 Å². The SMILES string of the molecule is CC(C)C1CN(Cc2cc3c(cc2Cl)OCO3)CC1NS(C)(=O)=O. The molecule has 24 heavy (non-hydrogen) atoms. The molecule has 8 heteroatoms. The highest BCUT2D eigenvalue weighted by atomic mass is 35.5. The largest absolute Gasteiger partial charge is 0.454 e. The van der Waals surface area contributed by atoms with Gasteiger partial charge in [-0.15, -0.1) is 0 Å². The van der Waals surface area contributed by atoms with E-state index < -0.39 is 10.0 Å². The van der Waals surface area contributed by atoms with E-state index >= 15 is 0 Å². The Bertz CT molecular complexity index is 723. The third-order valence-electron chi connectivity index (χ3n) is 4.60. The van der Waals surface area contributed by atoms with Crippen LogP contribution in [0.25, 0.3) is 0 Å². The zero-order valence-electron chi connectivity index (χ0n) is 14.1. The number of rotatable bonds is 5. The van der Waals surface area contributed by atoms with Crippen LogP contribution >= 0.6 is 11.6 Å². The number of sulfonamides is 1. The molecule has 0 bridgehead atoms. The van der Waals surface area contributed by atoms with E-state index in [4.69, 9.17) is 21.1 Å². The summed E-state index contributed by atoms with van der Waals surface area (Å²) >= 11 is 6.35. The number of hydrogen-bond acceptors (Lipinski definition) is 5. The molecule has 0 aromatic heterocycles. The standard InChI is InChI=1S/C16H23ClN2O4S/c1-10(2)12-7-19(8-14(12)18-24(3,20)21)6-11-4-15-16(5-13(11)17)23-9-22-15/h4-5,10,12,14,18H,6-9H2,1-3H3. The normalized spacial score (nSPS) is 24.0. The van der Waals surface area contributed by atoms with Crippen molar-refractivity contribution in [2.45, 2.75) is 26.4 Å². The molecule has 1 aromatic rings. The van der Waals surface area contributed by atoms with E-state index in [0.29, 0.717) is 35.5 Å². The molecule has 2 unspecified atom stereocenters. The number of ether oxygens (including phenoxy) is 2. The molecular formula is C16H23ClN2O4S. The lowest BCUT2D eigenvalue weighted by molar-refractivity contribution is 0.174. The molecule has 0 saturated carbocycles. The molecule has 3 rings (SSSR count). The first-order valence-corrected chi connectivity index (χ1v) is 10.3. The maximum Gasteiger partial charge on any atom is 0.231 e. The molecule has 0 radical (unpaired) electrons. The van der Waals surface area contributed by atoms with Crippen LogP contribution in [0, 0.1) is 11.8 Å². The predicted octanol–water partition coefficient (Wildman–Crippen LogP) is 2.07. The number of nitrogens with one attached hydrogen (secondary N) is 1. The van der Waals surface area contributed by atoms with Crippen molar-refractivity contribution in [3.05, 3.63) is 22.7 Å². The lowest BCUT2D eigenvalue weighted by Gasteiger charge is -2.21. The van der Waals surface area contributed by atoms with E-state index in [-0.39, 0.29) is 18.8 Å². The van der Waals surface area contributed by atoms with Gasteiger partial charge in [0.25, 0.3) is 0 Å². The minimum absolute atomic E-state index is 0.0761. The number of likely N-dealkylation sites (tertiary alicyclic amines) is 1. The van der Waals surface area contributed by atoms with Crippen LogP contribution in [0.4, 0.5) is 0 Å². The zero-order valence-corrected chi connectivity index (χ0v) is 15.7. The molecule has 0 spiro atoms. The Hall–Kier alpha value is -1.02. The van der Waals surface area contributed by atoms with E-state index in [9.17, 15) is 8.42 Å². The highest BCUT2D eigenvalue weighted by molar-refractivity contribution is 7.88. The number of fused-ring (bicyclic) bond motifs is 1. The van der Waals surface area contributed by atoms with E-state index in [0.717, 1.165) is 12.1 Å². The first-order chi connectivity index (χ1) is 11.2. The molecule has 0 amide bonds. The minimum atomic E-state index is -3.23. The van der Waals surface area contributed by atoms with Gasteiger partial charge >= 0.3 is 0 Å². The Labute approximate surface area is 148 Å². The summed E-state index contributed by atoms with van der Waals surface area (Å²) in [6, 6.07) is 3.61. The number of nitrogens with zero attached hydrogens (tertiary/aromatic N) is 1. The van der Waals surface area contributed by atoms with Crippen molar-refractivity contribution < 1.29 is 17.9 Å². The second kappa shape index (κ2) is 6.71. The summed E-state index contributed by atoms with van der Waals surface area (Å²) in [6.07, 6.45) is 1.21. The lowest BCUT2D eigenvalue weighted by atomic mass is 9.92. The number of halogens is 1. The van der Waals surface area contributed by atoms with Gasteiger partial charge in [0.2, 0.25) is 16.8 Å². The first-order valence-electron chi connectivity index (χ1n) is 8.00. The molecule has 2 heterocycles. The maximum atomic E-state index is 11.6. The van der Waals surface area contributed by atoms with E-state index in [1.54, 1.807) is 6.07 Å². The molecule has 134 valence electrons. The fourth-order valence-electron chi connectivity index (χ4n) is 3.44. The Balaban J connectivity index is 1.74. The number of benzene rings is 1. The summed E-state index contributed by atoms with van der Waals surface area (Å²) in [7, 11) is -3.23. The van der Waals surface area contributed by atoms with Crippen LogP contribution in [0.1, 0.15) is 19.4 Å². The summed E-state index contributed by atoms with van der Waals surface area (Å²) < 4.78 is 36.8. The van der Waals surface area contributed by atoms with Gasteiger partial charge in [-0.2, -0.15) is 0 Å². The molecule has 2 aliphatic heterocycles. The summed E-state index contributed by atoms with van der Waals surface area (Å²) in [6.45, 7) is 6.61. The quantitative estimate of drug-likeness (QED) is 0.854. The fraction of sp³-hybridized carbons (Fsp3) is 0.625. The van der Waals surface area contributed by atoms with Crippen LogP contribution in [-0.4, -0.2) is 45.5 Å². The Kier molecular flexibility index (Phi) is 4.97. The average Bonchev–Trinajstić information content (AvgIpc) is 3.04. The van der Waals surface area contributed by atoms with Gasteiger partial charge in [-0.05, 0) is 23.5 Å². The van der Waals surface area contributed by atoms with Crippen molar-refractivity contribution in [2.75, 3.05) is 26.1 Å². The summed E-state index contributed by atoms with van der Waals surface area (Å²) in [5.41, 5.74) is 0.962. The molecule has 1 N–H and O–H groups in total. The molecule has 2 aliphatic rings. The fourth-order valence-corrected chi connectivity index (χ4v) is 4.45. The molecule has 0 aliphatic carbocycles. The Morgan fingerprint density at radius 1 is 1.29 bits per heavy atom. The molecule has 1 aromatic carbocycles. The second-order valence-corrected chi connectivity index (χ2v) is 9.08. The van der Waals surface area contributed by atoms with Crippen molar-refractivity contribution in [2.24, 2.45) is 11.8 Å². The smallest absolute Gasteiger partial charge is 0.231 e. The van der Waals surface area contributed by atoms with Gasteiger partial charge in [-0.1, -0.05) is 25.4 Å². The summed E-state index contributed by atoms with van der Waals surface area (Å²) in [5.74, 6) is 2.04. The monoisotopic (exact) mass is 374 g/mol. The average molecular weight is 375 g/mol. The third kappa shape index (κ3) is 3.96. The van der Waals surface area contributed by atoms with Crippen LogP contribution in [0.15, 0.2) is 12.1 Å². The van der Waals surface area contributed by atoms with Crippen LogP contribution < -0.4 is 14.2 Å². The van der Waals surface area contributed by atoms with Gasteiger partial charge in [0.15, 0.2) is 11.5 Å². The molecule has 6 nitrogen and oxygen atoms in total. The van der Waals surface area contributed by atoms with Crippen LogP contribution in [0.3, 0.4) is 0 Å². The first kappa shape index (κ1) is 17.8. The third-order valence-corrected chi connectivity index (χ3v) is 5.68. The molecule has 1 fully saturated rings. The molecular weight excluding hydrogens is 352 g/mol. The van der Waals surface area contributed by atoms with Crippen molar-refractivity contribution in [1.82, 2.24) is 9.62 Å². The van der Waals surface area contributed by atoms with Crippen molar-refractivity contribution in [3.63, 3.8) is 0 Å². The van der Waals surface area contributed by atoms with Gasteiger partial charge in [0.1, 0.15) is 0 Å². The Morgan fingerprint density at radius 3 is 2.58 bits per heavy atom. The van der Waals surface area contributed by atoms with Crippen molar-refractivity contribution >= 4 is 21.6 Å². The summed E-state index contributed by atoms with van der Waals surface area (Å²) in [5, 5.41) is 0.639. The lowest BCUT2D eigenvalue weighted by Crippen LogP contribution is -2.41. The molecule has 2 atom stereocenters. The second-order valence-electron chi connectivity index (χ2n) is 6.90. The predicted molar refractivity (Wildman–Crippen MR) is 92.9 cm³/mol. The highest BCUT2D eigenvalue weighted by Crippen LogP contribution is 2.38. The highest BCUT2D eigenvalue weighted by Gasteiger charge is 2.36. The minimum Gasteiger partial charge on any atom is -0.454 e. The zero-order chi connectivity index (χ0) is 17.5. The van der Waals surface area contributed by atoms with Crippen molar-refractivity contribution in [1.29, 1.82) is 0 Å².